The normalized spacial score (nSPS) is 9.86. The predicted octanol–water partition coefficient (Wildman–Crippen LogP) is 10.5. The quantitative estimate of drug-likeness (QED) is 0.0408. The lowest BCUT2D eigenvalue weighted by atomic mass is 10.2. The van der Waals surface area contributed by atoms with Gasteiger partial charge in [-0.1, -0.05) is 74.5 Å². The van der Waals surface area contributed by atoms with Gasteiger partial charge in [0.2, 0.25) is 5.24 Å². The van der Waals surface area contributed by atoms with Crippen LogP contribution in [0.1, 0.15) is 95.6 Å². The highest BCUT2D eigenvalue weighted by atomic mass is 79.9. The fraction of sp³-hybridized carbons (Fsp3) is 0.545. The van der Waals surface area contributed by atoms with Crippen LogP contribution < -0.4 is 9.47 Å². The Morgan fingerprint density at radius 3 is 1.59 bits per heavy atom. The van der Waals surface area contributed by atoms with Crippen molar-refractivity contribution in [3.63, 3.8) is 0 Å². The number of benzene rings is 2. The minimum absolute atomic E-state index is 0. The Labute approximate surface area is 293 Å². The van der Waals surface area contributed by atoms with E-state index in [0.717, 1.165) is 79.3 Å². The molecule has 0 aliphatic rings. The van der Waals surface area contributed by atoms with Gasteiger partial charge in [0.1, 0.15) is 23.0 Å². The van der Waals surface area contributed by atoms with Crippen LogP contribution in [-0.2, 0) is 14.4 Å². The number of phenolic OH excluding ortho intramolecular Hbond substituents is 2. The van der Waals surface area contributed by atoms with Gasteiger partial charge in [-0.15, -0.1) is 0 Å². The van der Waals surface area contributed by atoms with Crippen LogP contribution in [0.4, 0.5) is 0 Å². The maximum Gasteiger partial charge on any atom is 0.311 e. The van der Waals surface area contributed by atoms with E-state index >= 15 is 0 Å². The van der Waals surface area contributed by atoms with Crippen LogP contribution >= 0.6 is 59.4 Å². The Morgan fingerprint density at radius 2 is 1.16 bits per heavy atom. The number of aryl methyl sites for hydroxylation is 2. The van der Waals surface area contributed by atoms with Crippen molar-refractivity contribution in [2.75, 3.05) is 16.0 Å². The minimum Gasteiger partial charge on any atom is -0.508 e. The number of hydrogen-bond donors (Lipinski definition) is 2. The van der Waals surface area contributed by atoms with Gasteiger partial charge in [0.15, 0.2) is 0 Å². The molecule has 0 unspecified atom stereocenters. The summed E-state index contributed by atoms with van der Waals surface area (Å²) in [6.45, 7) is 3.57. The lowest BCUT2D eigenvalue weighted by Gasteiger charge is -2.10. The molecule has 0 spiro atoms. The van der Waals surface area contributed by atoms with Crippen LogP contribution in [0.2, 0.25) is 0 Å². The van der Waals surface area contributed by atoms with Gasteiger partial charge in [0, 0.05) is 35.3 Å². The molecule has 0 atom stereocenters. The molecule has 0 saturated heterocycles. The predicted molar refractivity (Wildman–Crippen MR) is 191 cm³/mol. The Bertz CT molecular complexity index is 1080. The summed E-state index contributed by atoms with van der Waals surface area (Å²) in [6, 6.07) is 9.49. The minimum atomic E-state index is -0.231. The molecular weight excluding hydrogens is 784 g/mol. The van der Waals surface area contributed by atoms with Crippen molar-refractivity contribution < 1.29 is 34.1 Å². The van der Waals surface area contributed by atoms with E-state index < -0.39 is 0 Å². The highest BCUT2D eigenvalue weighted by molar-refractivity contribution is 9.09. The van der Waals surface area contributed by atoms with Gasteiger partial charge in [0.25, 0.3) is 0 Å². The lowest BCUT2D eigenvalue weighted by Crippen LogP contribution is -2.10. The van der Waals surface area contributed by atoms with Crippen molar-refractivity contribution in [1.29, 1.82) is 0 Å². The highest BCUT2D eigenvalue weighted by Crippen LogP contribution is 2.25. The lowest BCUT2D eigenvalue weighted by molar-refractivity contribution is -0.135. The summed E-state index contributed by atoms with van der Waals surface area (Å²) in [5.41, 5.74) is 1.47. The number of aromatic hydroxyl groups is 2. The molecule has 2 N–H and O–H groups in total. The molecule has 250 valence electrons. The number of esters is 2. The molecule has 2 aromatic rings. The molecule has 0 bridgehead atoms. The second-order valence-electron chi connectivity index (χ2n) is 9.70. The van der Waals surface area contributed by atoms with Crippen molar-refractivity contribution in [2.45, 2.75) is 98.3 Å². The molecular formula is C33H48Br3ClO7. The SMILES string of the molecule is C.Cc1cc(O)ccc1O.Cc1cc(OC(=O)CCCCCBr)ccc1OC(=O)CCCCCBr.O=C(Cl)CCCCCBr. The molecule has 0 aromatic heterocycles. The standard InChI is InChI=1S/C19H26Br2O4.C7H8O2.C6H10BrClO.CH4/c1-15-14-16(24-18(22)8-4-2-6-12-20)10-11-17(15)25-19(23)9-5-3-7-13-21;1-5-4-6(8)2-3-7(5)9;7-5-3-1-2-4-6(8)9;/h10-11,14H,2-9,12-13H2,1H3;2-4,8-9H,1H3;1-5H2;1H4. The molecule has 2 aromatic carbocycles. The van der Waals surface area contributed by atoms with Crippen LogP contribution in [0.25, 0.3) is 0 Å². The van der Waals surface area contributed by atoms with E-state index in [1.165, 1.54) is 18.2 Å². The van der Waals surface area contributed by atoms with Crippen molar-refractivity contribution in [3.8, 4) is 23.0 Å². The zero-order valence-electron chi connectivity index (χ0n) is 25.0. The van der Waals surface area contributed by atoms with Gasteiger partial charge in [-0.25, -0.2) is 0 Å². The Kier molecular flexibility index (Phi) is 29.2. The summed E-state index contributed by atoms with van der Waals surface area (Å²) in [5, 5.41) is 20.5. The smallest absolute Gasteiger partial charge is 0.311 e. The van der Waals surface area contributed by atoms with E-state index in [1.54, 1.807) is 25.1 Å². The number of hydrogen-bond acceptors (Lipinski definition) is 7. The summed E-state index contributed by atoms with van der Waals surface area (Å²) >= 11 is 15.1. The third-order valence-electron chi connectivity index (χ3n) is 5.82. The summed E-state index contributed by atoms with van der Waals surface area (Å²) in [6.07, 6.45) is 10.3. The first-order valence-corrected chi connectivity index (χ1v) is 18.1. The average Bonchev–Trinajstić information content (AvgIpc) is 2.96. The van der Waals surface area contributed by atoms with Crippen LogP contribution in [0.15, 0.2) is 36.4 Å². The number of ether oxygens (including phenoxy) is 2. The number of carbonyl (C=O) groups excluding carboxylic acids is 3. The zero-order chi connectivity index (χ0) is 32.5. The Morgan fingerprint density at radius 1 is 0.659 bits per heavy atom. The summed E-state index contributed by atoms with van der Waals surface area (Å²) in [4.78, 5) is 33.8. The van der Waals surface area contributed by atoms with Crippen molar-refractivity contribution >= 4 is 76.6 Å². The number of halogens is 4. The number of phenols is 2. The molecule has 0 aliphatic heterocycles. The van der Waals surface area contributed by atoms with Gasteiger partial charge in [-0.3, -0.25) is 14.4 Å². The molecule has 11 heteroatoms. The van der Waals surface area contributed by atoms with E-state index in [0.29, 0.717) is 36.3 Å². The molecule has 0 amide bonds. The molecule has 0 heterocycles. The summed E-state index contributed by atoms with van der Waals surface area (Å²) < 4.78 is 10.7. The van der Waals surface area contributed by atoms with Crippen LogP contribution in [0.3, 0.4) is 0 Å². The maximum atomic E-state index is 11.8. The van der Waals surface area contributed by atoms with Crippen LogP contribution in [-0.4, -0.2) is 43.4 Å². The summed E-state index contributed by atoms with van der Waals surface area (Å²) in [7, 11) is 0. The van der Waals surface area contributed by atoms with E-state index in [2.05, 4.69) is 47.8 Å². The average molecular weight is 832 g/mol. The monoisotopic (exact) mass is 828 g/mol. The Hall–Kier alpha value is -1.62. The molecule has 0 fully saturated rings. The number of alkyl halides is 3. The van der Waals surface area contributed by atoms with Gasteiger partial charge < -0.3 is 19.7 Å². The largest absolute Gasteiger partial charge is 0.508 e. The molecule has 44 heavy (non-hydrogen) atoms. The third-order valence-corrected chi connectivity index (χ3v) is 7.69. The maximum absolute atomic E-state index is 11.8. The van der Waals surface area contributed by atoms with E-state index in [1.807, 2.05) is 6.92 Å². The highest BCUT2D eigenvalue weighted by Gasteiger charge is 2.10. The summed E-state index contributed by atoms with van der Waals surface area (Å²) in [5.74, 6) is 0.945. The molecule has 7 nitrogen and oxygen atoms in total. The molecule has 0 aliphatic carbocycles. The van der Waals surface area contributed by atoms with E-state index in [9.17, 15) is 14.4 Å². The first kappa shape index (κ1) is 44.5. The van der Waals surface area contributed by atoms with Crippen molar-refractivity contribution in [3.05, 3.63) is 47.5 Å². The van der Waals surface area contributed by atoms with Gasteiger partial charge >= 0.3 is 11.9 Å². The molecule has 0 radical (unpaired) electrons. The first-order chi connectivity index (χ1) is 20.5. The Balaban J connectivity index is 0. The van der Waals surface area contributed by atoms with Gasteiger partial charge in [0.05, 0.1) is 0 Å². The molecule has 2 rings (SSSR count). The van der Waals surface area contributed by atoms with E-state index in [-0.39, 0.29) is 36.1 Å². The third kappa shape index (κ3) is 24.7. The number of carbonyl (C=O) groups is 3. The molecule has 0 saturated carbocycles. The second kappa shape index (κ2) is 28.8. The topological polar surface area (TPSA) is 110 Å². The van der Waals surface area contributed by atoms with Crippen LogP contribution in [0.5, 0.6) is 23.0 Å². The fourth-order valence-electron chi connectivity index (χ4n) is 3.41. The zero-order valence-corrected chi connectivity index (χ0v) is 30.5. The van der Waals surface area contributed by atoms with Crippen molar-refractivity contribution in [1.82, 2.24) is 0 Å². The number of unbranched alkanes of at least 4 members (excludes halogenated alkanes) is 6. The van der Waals surface area contributed by atoms with E-state index in [4.69, 9.17) is 31.3 Å². The second-order valence-corrected chi connectivity index (χ2v) is 12.5. The fourth-order valence-corrected chi connectivity index (χ4v) is 4.74. The van der Waals surface area contributed by atoms with Crippen LogP contribution in [0, 0.1) is 13.8 Å². The van der Waals surface area contributed by atoms with Crippen molar-refractivity contribution in [2.24, 2.45) is 0 Å². The van der Waals surface area contributed by atoms with Gasteiger partial charge in [-0.2, -0.15) is 0 Å². The number of rotatable bonds is 17. The van der Waals surface area contributed by atoms with Gasteiger partial charge in [-0.05, 0) is 111 Å². The first-order valence-electron chi connectivity index (χ1n) is 14.4.